The summed E-state index contributed by atoms with van der Waals surface area (Å²) in [5, 5.41) is 6.59. The molecule has 2 saturated heterocycles. The summed E-state index contributed by atoms with van der Waals surface area (Å²) >= 11 is 5.97. The third-order valence-corrected chi connectivity index (χ3v) is 5.07. The molecule has 7 heteroatoms. The zero-order chi connectivity index (χ0) is 17.5. The van der Waals surface area contributed by atoms with E-state index in [2.05, 4.69) is 15.5 Å². The lowest BCUT2D eigenvalue weighted by molar-refractivity contribution is 0.00212. The highest BCUT2D eigenvalue weighted by Crippen LogP contribution is 2.21. The Hall–Kier alpha value is -1.34. The van der Waals surface area contributed by atoms with Crippen LogP contribution in [-0.2, 0) is 16.0 Å². The normalized spacial score (nSPS) is 22.5. The first-order chi connectivity index (χ1) is 12.2. The van der Waals surface area contributed by atoms with E-state index in [1.807, 2.05) is 24.3 Å². The van der Waals surface area contributed by atoms with Crippen molar-refractivity contribution in [2.75, 3.05) is 46.1 Å². The summed E-state index contributed by atoms with van der Waals surface area (Å²) in [7, 11) is 0. The Balaban J connectivity index is 1.48. The zero-order valence-electron chi connectivity index (χ0n) is 14.4. The highest BCUT2D eigenvalue weighted by atomic mass is 35.5. The van der Waals surface area contributed by atoms with Crippen LogP contribution in [0.3, 0.4) is 0 Å². The molecule has 3 rings (SSSR count). The molecule has 2 unspecified atom stereocenters. The third kappa shape index (κ3) is 5.57. The fourth-order valence-electron chi connectivity index (χ4n) is 3.45. The highest BCUT2D eigenvalue weighted by molar-refractivity contribution is 6.30. The summed E-state index contributed by atoms with van der Waals surface area (Å²) < 4.78 is 11.0. The summed E-state index contributed by atoms with van der Waals surface area (Å²) in [4.78, 5) is 14.6. The van der Waals surface area contributed by atoms with Gasteiger partial charge in [-0.15, -0.1) is 0 Å². The second-order valence-corrected chi connectivity index (χ2v) is 6.97. The Labute approximate surface area is 153 Å². The van der Waals surface area contributed by atoms with Crippen molar-refractivity contribution in [3.63, 3.8) is 0 Å². The van der Waals surface area contributed by atoms with Gasteiger partial charge in [-0.25, -0.2) is 4.79 Å². The van der Waals surface area contributed by atoms with Gasteiger partial charge in [-0.3, -0.25) is 4.90 Å². The lowest BCUT2D eigenvalue weighted by atomic mass is 9.97. The minimum Gasteiger partial charge on any atom is -0.381 e. The number of hydrogen-bond donors (Lipinski definition) is 2. The van der Waals surface area contributed by atoms with Gasteiger partial charge in [0.1, 0.15) is 0 Å². The van der Waals surface area contributed by atoms with E-state index in [1.165, 1.54) is 0 Å². The standard InChI is InChI=1S/C18H26ClN3O3/c19-16-3-1-2-14(10-16)11-20-18(23)21-12-17(15-4-7-25-13-15)22-5-8-24-9-6-22/h1-3,10,15,17H,4-9,11-13H2,(H2,20,21,23). The number of nitrogens with one attached hydrogen (secondary N) is 2. The average Bonchev–Trinajstić information content (AvgIpc) is 3.15. The quantitative estimate of drug-likeness (QED) is 0.805. The molecule has 0 aliphatic carbocycles. The lowest BCUT2D eigenvalue weighted by Crippen LogP contribution is -2.53. The summed E-state index contributed by atoms with van der Waals surface area (Å²) in [6, 6.07) is 7.64. The molecule has 25 heavy (non-hydrogen) atoms. The molecule has 0 saturated carbocycles. The van der Waals surface area contributed by atoms with E-state index in [0.717, 1.165) is 51.5 Å². The monoisotopic (exact) mass is 367 g/mol. The molecule has 1 aromatic rings. The maximum atomic E-state index is 12.2. The van der Waals surface area contributed by atoms with Crippen LogP contribution in [0.2, 0.25) is 5.02 Å². The maximum absolute atomic E-state index is 12.2. The molecule has 1 aromatic carbocycles. The largest absolute Gasteiger partial charge is 0.381 e. The van der Waals surface area contributed by atoms with E-state index in [1.54, 1.807) is 0 Å². The number of carbonyl (C=O) groups is 1. The Morgan fingerprint density at radius 2 is 2.08 bits per heavy atom. The fraction of sp³-hybridized carbons (Fsp3) is 0.611. The molecule has 138 valence electrons. The van der Waals surface area contributed by atoms with Gasteiger partial charge in [-0.05, 0) is 24.1 Å². The van der Waals surface area contributed by atoms with Crippen molar-refractivity contribution in [2.45, 2.75) is 19.0 Å². The molecule has 2 N–H and O–H groups in total. The van der Waals surface area contributed by atoms with Crippen LogP contribution in [0.5, 0.6) is 0 Å². The van der Waals surface area contributed by atoms with Gasteiger partial charge in [-0.2, -0.15) is 0 Å². The van der Waals surface area contributed by atoms with Gasteiger partial charge in [0.05, 0.1) is 19.8 Å². The van der Waals surface area contributed by atoms with Crippen molar-refractivity contribution in [3.8, 4) is 0 Å². The second kappa shape index (κ2) is 9.38. The van der Waals surface area contributed by atoms with E-state index >= 15 is 0 Å². The molecule has 2 amide bonds. The minimum absolute atomic E-state index is 0.155. The van der Waals surface area contributed by atoms with Crippen molar-refractivity contribution in [1.29, 1.82) is 0 Å². The van der Waals surface area contributed by atoms with Crippen molar-refractivity contribution < 1.29 is 14.3 Å². The number of rotatable bonds is 6. The van der Waals surface area contributed by atoms with E-state index < -0.39 is 0 Å². The van der Waals surface area contributed by atoms with Crippen LogP contribution in [0.4, 0.5) is 4.79 Å². The number of urea groups is 1. The lowest BCUT2D eigenvalue weighted by Gasteiger charge is -2.37. The maximum Gasteiger partial charge on any atom is 0.315 e. The molecule has 0 bridgehead atoms. The highest BCUT2D eigenvalue weighted by Gasteiger charge is 2.31. The van der Waals surface area contributed by atoms with E-state index in [-0.39, 0.29) is 6.03 Å². The first kappa shape index (κ1) is 18.5. The van der Waals surface area contributed by atoms with E-state index in [9.17, 15) is 4.79 Å². The summed E-state index contributed by atoms with van der Waals surface area (Å²) in [5.41, 5.74) is 0.983. The van der Waals surface area contributed by atoms with Crippen LogP contribution < -0.4 is 10.6 Å². The number of nitrogens with zero attached hydrogens (tertiary/aromatic N) is 1. The fourth-order valence-corrected chi connectivity index (χ4v) is 3.66. The number of morpholine rings is 1. The van der Waals surface area contributed by atoms with Crippen molar-refractivity contribution in [2.24, 2.45) is 5.92 Å². The van der Waals surface area contributed by atoms with Crippen molar-refractivity contribution >= 4 is 17.6 Å². The number of carbonyl (C=O) groups excluding carboxylic acids is 1. The molecular weight excluding hydrogens is 342 g/mol. The van der Waals surface area contributed by atoms with Gasteiger partial charge in [0, 0.05) is 49.8 Å². The van der Waals surface area contributed by atoms with Crippen LogP contribution >= 0.6 is 11.6 Å². The van der Waals surface area contributed by atoms with Crippen molar-refractivity contribution in [1.82, 2.24) is 15.5 Å². The molecule has 2 heterocycles. The predicted octanol–water partition coefficient (Wildman–Crippen LogP) is 1.88. The number of amides is 2. The predicted molar refractivity (Wildman–Crippen MR) is 96.8 cm³/mol. The summed E-state index contributed by atoms with van der Waals surface area (Å²) in [5.74, 6) is 0.464. The molecule has 2 atom stereocenters. The number of ether oxygens (including phenoxy) is 2. The number of benzene rings is 1. The van der Waals surface area contributed by atoms with Crippen LogP contribution in [0.15, 0.2) is 24.3 Å². The second-order valence-electron chi connectivity index (χ2n) is 6.53. The smallest absolute Gasteiger partial charge is 0.315 e. The Morgan fingerprint density at radius 1 is 1.24 bits per heavy atom. The first-order valence-electron chi connectivity index (χ1n) is 8.88. The van der Waals surface area contributed by atoms with Gasteiger partial charge >= 0.3 is 6.03 Å². The summed E-state index contributed by atoms with van der Waals surface area (Å²) in [6.45, 7) is 5.99. The van der Waals surface area contributed by atoms with E-state index in [0.29, 0.717) is 30.1 Å². The van der Waals surface area contributed by atoms with Crippen LogP contribution in [-0.4, -0.2) is 63.0 Å². The molecule has 0 spiro atoms. The van der Waals surface area contributed by atoms with Gasteiger partial charge in [0.2, 0.25) is 0 Å². The SMILES string of the molecule is O=C(NCc1cccc(Cl)c1)NCC(C1CCOC1)N1CCOCC1. The topological polar surface area (TPSA) is 62.8 Å². The molecule has 0 radical (unpaired) electrons. The molecule has 2 fully saturated rings. The molecule has 6 nitrogen and oxygen atoms in total. The van der Waals surface area contributed by atoms with Gasteiger partial charge < -0.3 is 20.1 Å². The number of hydrogen-bond acceptors (Lipinski definition) is 4. The van der Waals surface area contributed by atoms with Gasteiger partial charge in [-0.1, -0.05) is 23.7 Å². The van der Waals surface area contributed by atoms with Crippen LogP contribution in [0, 0.1) is 5.92 Å². The average molecular weight is 368 g/mol. The molecular formula is C18H26ClN3O3. The minimum atomic E-state index is -0.155. The van der Waals surface area contributed by atoms with Crippen molar-refractivity contribution in [3.05, 3.63) is 34.9 Å². The van der Waals surface area contributed by atoms with Crippen LogP contribution in [0.1, 0.15) is 12.0 Å². The summed E-state index contributed by atoms with van der Waals surface area (Å²) in [6.07, 6.45) is 1.05. The Bertz CT molecular complexity index is 560. The Morgan fingerprint density at radius 3 is 2.80 bits per heavy atom. The van der Waals surface area contributed by atoms with Gasteiger partial charge in [0.25, 0.3) is 0 Å². The molecule has 2 aliphatic rings. The van der Waals surface area contributed by atoms with Gasteiger partial charge in [0.15, 0.2) is 0 Å². The first-order valence-corrected chi connectivity index (χ1v) is 9.26. The number of halogens is 1. The molecule has 2 aliphatic heterocycles. The zero-order valence-corrected chi connectivity index (χ0v) is 15.1. The Kier molecular flexibility index (Phi) is 6.93. The third-order valence-electron chi connectivity index (χ3n) is 4.84. The van der Waals surface area contributed by atoms with E-state index in [4.69, 9.17) is 21.1 Å². The molecule has 0 aromatic heterocycles. The van der Waals surface area contributed by atoms with Crippen LogP contribution in [0.25, 0.3) is 0 Å².